The third-order valence-electron chi connectivity index (χ3n) is 3.37. The molecule has 1 heterocycles. The molecule has 1 aliphatic rings. The Labute approximate surface area is 119 Å². The first-order valence-corrected chi connectivity index (χ1v) is 8.35. The fourth-order valence-corrected chi connectivity index (χ4v) is 4.13. The van der Waals surface area contributed by atoms with Crippen molar-refractivity contribution in [2.24, 2.45) is 0 Å². The third kappa shape index (κ3) is 3.48. The van der Waals surface area contributed by atoms with Crippen LogP contribution in [0.3, 0.4) is 0 Å². The highest BCUT2D eigenvalue weighted by Gasteiger charge is 2.27. The second kappa shape index (κ2) is 6.22. The normalized spacial score (nSPS) is 20.1. The molecule has 4 nitrogen and oxygen atoms in total. The summed E-state index contributed by atoms with van der Waals surface area (Å²) in [4.78, 5) is 0.264. The van der Waals surface area contributed by atoms with Crippen molar-refractivity contribution in [1.82, 2.24) is 9.62 Å². The van der Waals surface area contributed by atoms with E-state index in [0.29, 0.717) is 18.1 Å². The van der Waals surface area contributed by atoms with Gasteiger partial charge in [-0.3, -0.25) is 0 Å². The Kier molecular flexibility index (Phi) is 4.84. The van der Waals surface area contributed by atoms with Crippen LogP contribution in [0.2, 0.25) is 5.02 Å². The number of nitrogens with zero attached hydrogens (tertiary/aromatic N) is 1. The van der Waals surface area contributed by atoms with Crippen molar-refractivity contribution in [3.8, 4) is 0 Å². The summed E-state index contributed by atoms with van der Waals surface area (Å²) in [7, 11) is -3.45. The summed E-state index contributed by atoms with van der Waals surface area (Å²) >= 11 is 5.87. The van der Waals surface area contributed by atoms with E-state index in [1.54, 1.807) is 18.2 Å². The highest BCUT2D eigenvalue weighted by atomic mass is 35.5. The molecular weight excluding hydrogens is 284 g/mol. The maximum absolute atomic E-state index is 12.5. The number of hydrogen-bond acceptors (Lipinski definition) is 3. The lowest BCUT2D eigenvalue weighted by Crippen LogP contribution is -2.40. The minimum atomic E-state index is -3.45. The van der Waals surface area contributed by atoms with Gasteiger partial charge >= 0.3 is 0 Å². The van der Waals surface area contributed by atoms with Crippen LogP contribution in [0.1, 0.15) is 19.8 Å². The van der Waals surface area contributed by atoms with Crippen LogP contribution in [0, 0.1) is 0 Å². The van der Waals surface area contributed by atoms with E-state index in [9.17, 15) is 8.42 Å². The van der Waals surface area contributed by atoms with E-state index >= 15 is 0 Å². The number of benzene rings is 1. The van der Waals surface area contributed by atoms with Crippen molar-refractivity contribution in [3.05, 3.63) is 29.3 Å². The molecule has 1 fully saturated rings. The van der Waals surface area contributed by atoms with Crippen LogP contribution in [0.15, 0.2) is 29.2 Å². The van der Waals surface area contributed by atoms with E-state index in [1.807, 2.05) is 6.92 Å². The maximum atomic E-state index is 12.5. The highest BCUT2D eigenvalue weighted by molar-refractivity contribution is 7.89. The van der Waals surface area contributed by atoms with Crippen LogP contribution in [0.5, 0.6) is 0 Å². The molecule has 0 bridgehead atoms. The van der Waals surface area contributed by atoms with Crippen LogP contribution in [0.25, 0.3) is 0 Å². The predicted molar refractivity (Wildman–Crippen MR) is 76.9 cm³/mol. The van der Waals surface area contributed by atoms with Crippen molar-refractivity contribution < 1.29 is 8.42 Å². The average Bonchev–Trinajstić information content (AvgIpc) is 2.88. The van der Waals surface area contributed by atoms with Gasteiger partial charge in [0.25, 0.3) is 0 Å². The number of nitrogens with one attached hydrogen (secondary N) is 1. The average molecular weight is 303 g/mol. The lowest BCUT2D eigenvalue weighted by molar-refractivity contribution is 0.383. The molecule has 0 aromatic heterocycles. The zero-order chi connectivity index (χ0) is 13.9. The molecule has 1 N–H and O–H groups in total. The van der Waals surface area contributed by atoms with Gasteiger partial charge in [0.1, 0.15) is 0 Å². The quantitative estimate of drug-likeness (QED) is 0.906. The SMILES string of the molecule is CCN(CC1CCCN1)S(=O)(=O)c1cccc(Cl)c1. The number of halogens is 1. The molecule has 0 aliphatic carbocycles. The molecule has 2 rings (SSSR count). The molecule has 0 saturated carbocycles. The summed E-state index contributed by atoms with van der Waals surface area (Å²) in [5.41, 5.74) is 0. The van der Waals surface area contributed by atoms with Crippen LogP contribution in [-0.4, -0.2) is 38.4 Å². The van der Waals surface area contributed by atoms with E-state index in [0.717, 1.165) is 19.4 Å². The van der Waals surface area contributed by atoms with Crippen molar-refractivity contribution >= 4 is 21.6 Å². The summed E-state index contributed by atoms with van der Waals surface area (Å²) in [5, 5.41) is 3.76. The molecule has 106 valence electrons. The Bertz CT molecular complexity index is 527. The third-order valence-corrected chi connectivity index (χ3v) is 5.54. The standard InChI is InChI=1S/C13H19ClN2O2S/c1-2-16(10-12-6-4-8-15-12)19(17,18)13-7-3-5-11(14)9-13/h3,5,7,9,12,15H,2,4,6,8,10H2,1H3. The van der Waals surface area contributed by atoms with E-state index in [2.05, 4.69) is 5.32 Å². The monoisotopic (exact) mass is 302 g/mol. The first-order valence-electron chi connectivity index (χ1n) is 6.53. The first-order chi connectivity index (χ1) is 9.04. The molecule has 1 unspecified atom stereocenters. The largest absolute Gasteiger partial charge is 0.313 e. The highest BCUT2D eigenvalue weighted by Crippen LogP contribution is 2.20. The van der Waals surface area contributed by atoms with Crippen LogP contribution in [-0.2, 0) is 10.0 Å². The summed E-state index contributed by atoms with van der Waals surface area (Å²) in [6.07, 6.45) is 2.14. The van der Waals surface area contributed by atoms with Gasteiger partial charge in [0.05, 0.1) is 4.90 Å². The van der Waals surface area contributed by atoms with Gasteiger partial charge in [-0.1, -0.05) is 24.6 Å². The number of rotatable bonds is 5. The maximum Gasteiger partial charge on any atom is 0.243 e. The fraction of sp³-hybridized carbons (Fsp3) is 0.538. The molecular formula is C13H19ClN2O2S. The second-order valence-corrected chi connectivity index (χ2v) is 7.08. The molecule has 19 heavy (non-hydrogen) atoms. The van der Waals surface area contributed by atoms with Gasteiger partial charge in [-0.05, 0) is 37.6 Å². The van der Waals surface area contributed by atoms with Gasteiger partial charge in [0.2, 0.25) is 10.0 Å². The molecule has 0 spiro atoms. The second-order valence-electron chi connectivity index (χ2n) is 4.71. The Morgan fingerprint density at radius 3 is 2.84 bits per heavy atom. The molecule has 0 amide bonds. The fourth-order valence-electron chi connectivity index (χ4n) is 2.33. The van der Waals surface area contributed by atoms with Crippen molar-refractivity contribution in [2.75, 3.05) is 19.6 Å². The summed E-state index contributed by atoms with van der Waals surface area (Å²) in [6.45, 7) is 3.81. The zero-order valence-corrected chi connectivity index (χ0v) is 12.5. The minimum Gasteiger partial charge on any atom is -0.313 e. The number of likely N-dealkylation sites (N-methyl/N-ethyl adjacent to an activating group) is 1. The van der Waals surface area contributed by atoms with Crippen molar-refractivity contribution in [1.29, 1.82) is 0 Å². The predicted octanol–water partition coefficient (Wildman–Crippen LogP) is 2.10. The van der Waals surface area contributed by atoms with Gasteiger partial charge in [-0.25, -0.2) is 8.42 Å². The van der Waals surface area contributed by atoms with Gasteiger partial charge in [-0.2, -0.15) is 4.31 Å². The Hall–Kier alpha value is -0.620. The number of hydrogen-bond donors (Lipinski definition) is 1. The van der Waals surface area contributed by atoms with Gasteiger partial charge in [-0.15, -0.1) is 0 Å². The van der Waals surface area contributed by atoms with Crippen LogP contribution >= 0.6 is 11.6 Å². The smallest absolute Gasteiger partial charge is 0.243 e. The minimum absolute atomic E-state index is 0.258. The summed E-state index contributed by atoms with van der Waals surface area (Å²) < 4.78 is 26.6. The van der Waals surface area contributed by atoms with Gasteiger partial charge in [0, 0.05) is 24.2 Å². The molecule has 0 radical (unpaired) electrons. The van der Waals surface area contributed by atoms with Gasteiger partial charge in [0.15, 0.2) is 0 Å². The Morgan fingerprint density at radius 2 is 2.26 bits per heavy atom. The molecule has 1 atom stereocenters. The molecule has 1 aliphatic heterocycles. The summed E-state index contributed by atoms with van der Waals surface area (Å²) in [6, 6.07) is 6.69. The van der Waals surface area contributed by atoms with Gasteiger partial charge < -0.3 is 5.32 Å². The summed E-state index contributed by atoms with van der Waals surface area (Å²) in [5.74, 6) is 0. The van der Waals surface area contributed by atoms with E-state index in [1.165, 1.54) is 10.4 Å². The molecule has 6 heteroatoms. The topological polar surface area (TPSA) is 49.4 Å². The van der Waals surface area contributed by atoms with Crippen LogP contribution < -0.4 is 5.32 Å². The first kappa shape index (κ1) is 14.8. The van der Waals surface area contributed by atoms with E-state index in [4.69, 9.17) is 11.6 Å². The van der Waals surface area contributed by atoms with E-state index in [-0.39, 0.29) is 10.9 Å². The van der Waals surface area contributed by atoms with E-state index < -0.39 is 10.0 Å². The lowest BCUT2D eigenvalue weighted by atomic mass is 10.2. The van der Waals surface area contributed by atoms with Crippen LogP contribution in [0.4, 0.5) is 0 Å². The Morgan fingerprint density at radius 1 is 1.47 bits per heavy atom. The number of sulfonamides is 1. The Balaban J connectivity index is 2.20. The molecule has 1 aromatic carbocycles. The molecule has 1 aromatic rings. The molecule has 1 saturated heterocycles. The van der Waals surface area contributed by atoms with Crippen molar-refractivity contribution in [2.45, 2.75) is 30.7 Å². The zero-order valence-electron chi connectivity index (χ0n) is 11.0. The van der Waals surface area contributed by atoms with Crippen molar-refractivity contribution in [3.63, 3.8) is 0 Å². The lowest BCUT2D eigenvalue weighted by Gasteiger charge is -2.24.